The minimum Gasteiger partial charge on any atom is -0.507 e. The molecule has 0 saturated carbocycles. The minimum atomic E-state index is -0.149. The number of rotatable bonds is 9. The summed E-state index contributed by atoms with van der Waals surface area (Å²) >= 11 is 0. The Hall–Kier alpha value is -1.18. The maximum Gasteiger partial charge on any atom is 0.127 e. The summed E-state index contributed by atoms with van der Waals surface area (Å²) in [6, 6.07) is 0. The maximum absolute atomic E-state index is 10.5. The Morgan fingerprint density at radius 3 is 2.10 bits per heavy atom. The van der Waals surface area contributed by atoms with Crippen molar-refractivity contribution in [1.29, 1.82) is 0 Å². The van der Waals surface area contributed by atoms with Crippen LogP contribution in [0.3, 0.4) is 0 Å². The maximum atomic E-state index is 10.5. The Balaban J connectivity index is 2.08. The second-order valence-corrected chi connectivity index (χ2v) is 13.0. The Morgan fingerprint density at radius 2 is 1.52 bits per heavy atom. The molecule has 0 bridgehead atoms. The van der Waals surface area contributed by atoms with Gasteiger partial charge in [-0.05, 0) is 106 Å². The molecule has 0 saturated heterocycles. The molecule has 178 valence electrons. The van der Waals surface area contributed by atoms with Crippen LogP contribution in [0.25, 0.3) is 0 Å². The molecule has 2 rings (SSSR count). The highest BCUT2D eigenvalue weighted by Gasteiger charge is 2.39. The molecule has 1 heterocycles. The summed E-state index contributed by atoms with van der Waals surface area (Å²) in [5.74, 6) is 2.97. The lowest BCUT2D eigenvalue weighted by atomic mass is 9.69. The number of hydrogen-bond donors (Lipinski definition) is 1. The van der Waals surface area contributed by atoms with Crippen LogP contribution in [0.4, 0.5) is 0 Å². The quantitative estimate of drug-likeness (QED) is 0.424. The molecule has 0 spiro atoms. The van der Waals surface area contributed by atoms with Crippen molar-refractivity contribution in [1.82, 2.24) is 0 Å². The number of fused-ring (bicyclic) bond motifs is 1. The number of benzene rings is 1. The van der Waals surface area contributed by atoms with Gasteiger partial charge in [0.2, 0.25) is 0 Å². The fourth-order valence-corrected chi connectivity index (χ4v) is 6.24. The summed E-state index contributed by atoms with van der Waals surface area (Å²) in [5.41, 5.74) is 4.75. The van der Waals surface area contributed by atoms with Gasteiger partial charge < -0.3 is 9.84 Å². The van der Waals surface area contributed by atoms with Crippen LogP contribution in [-0.2, 0) is 6.42 Å². The van der Waals surface area contributed by atoms with Gasteiger partial charge in [-0.3, -0.25) is 0 Å². The zero-order valence-corrected chi connectivity index (χ0v) is 22.5. The van der Waals surface area contributed by atoms with Crippen molar-refractivity contribution in [3.63, 3.8) is 0 Å². The molecule has 1 aliphatic rings. The lowest BCUT2D eigenvalue weighted by Gasteiger charge is -2.43. The second-order valence-electron chi connectivity index (χ2n) is 13.0. The third-order valence-electron chi connectivity index (χ3n) is 7.65. The van der Waals surface area contributed by atoms with Crippen LogP contribution in [0.1, 0.15) is 116 Å². The van der Waals surface area contributed by atoms with E-state index in [1.165, 1.54) is 31.2 Å². The van der Waals surface area contributed by atoms with Gasteiger partial charge in [-0.2, -0.15) is 0 Å². The molecule has 1 aromatic carbocycles. The molecule has 2 nitrogen and oxygen atoms in total. The zero-order chi connectivity index (χ0) is 23.8. The molecule has 0 fully saturated rings. The molecule has 0 radical (unpaired) electrons. The van der Waals surface area contributed by atoms with Crippen LogP contribution in [0, 0.1) is 43.4 Å². The van der Waals surface area contributed by atoms with Crippen LogP contribution in [0.2, 0.25) is 0 Å². The first kappa shape index (κ1) is 26.1. The number of phenolic OH excluding ortho intramolecular Hbond substituents is 1. The smallest absolute Gasteiger partial charge is 0.127 e. The molecule has 0 amide bonds. The van der Waals surface area contributed by atoms with Crippen molar-refractivity contribution in [3.05, 3.63) is 22.3 Å². The minimum absolute atomic E-state index is 0.149. The van der Waals surface area contributed by atoms with E-state index in [-0.39, 0.29) is 11.0 Å². The number of phenols is 1. The first-order chi connectivity index (χ1) is 14.1. The van der Waals surface area contributed by atoms with Crippen molar-refractivity contribution in [2.75, 3.05) is 0 Å². The summed E-state index contributed by atoms with van der Waals surface area (Å²) in [6.45, 7) is 25.3. The highest BCUT2D eigenvalue weighted by atomic mass is 16.5. The highest BCUT2D eigenvalue weighted by molar-refractivity contribution is 5.58. The molecular formula is C29H50O2. The van der Waals surface area contributed by atoms with Crippen molar-refractivity contribution in [3.8, 4) is 11.5 Å². The summed E-state index contributed by atoms with van der Waals surface area (Å²) in [7, 11) is 0. The van der Waals surface area contributed by atoms with Crippen LogP contribution < -0.4 is 4.74 Å². The molecule has 2 heteroatoms. The molecule has 1 aliphatic heterocycles. The Labute approximate surface area is 193 Å². The van der Waals surface area contributed by atoms with E-state index in [1.54, 1.807) is 0 Å². The molecule has 0 aliphatic carbocycles. The van der Waals surface area contributed by atoms with E-state index >= 15 is 0 Å². The Bertz CT molecular complexity index is 772. The van der Waals surface area contributed by atoms with Gasteiger partial charge in [0.05, 0.1) is 0 Å². The predicted octanol–water partition coefficient (Wildman–Crippen LogP) is 8.70. The lowest BCUT2D eigenvalue weighted by molar-refractivity contribution is 0.0114. The largest absolute Gasteiger partial charge is 0.507 e. The van der Waals surface area contributed by atoms with E-state index in [0.717, 1.165) is 47.6 Å². The van der Waals surface area contributed by atoms with E-state index in [1.807, 2.05) is 13.8 Å². The fraction of sp³-hybridized carbons (Fsp3) is 0.793. The van der Waals surface area contributed by atoms with Gasteiger partial charge >= 0.3 is 0 Å². The average Bonchev–Trinajstić information content (AvgIpc) is 2.61. The predicted molar refractivity (Wildman–Crippen MR) is 134 cm³/mol. The van der Waals surface area contributed by atoms with Crippen LogP contribution in [-0.4, -0.2) is 10.7 Å². The molecule has 2 atom stereocenters. The first-order valence-electron chi connectivity index (χ1n) is 12.6. The van der Waals surface area contributed by atoms with Crippen LogP contribution in [0.15, 0.2) is 0 Å². The van der Waals surface area contributed by atoms with E-state index in [0.29, 0.717) is 17.1 Å². The van der Waals surface area contributed by atoms with Gasteiger partial charge in [0.1, 0.15) is 17.1 Å². The average molecular weight is 431 g/mol. The van der Waals surface area contributed by atoms with Gasteiger partial charge in [0.15, 0.2) is 0 Å². The van der Waals surface area contributed by atoms with E-state index in [4.69, 9.17) is 4.74 Å². The van der Waals surface area contributed by atoms with Gasteiger partial charge in [-0.25, -0.2) is 0 Å². The van der Waals surface area contributed by atoms with E-state index in [9.17, 15) is 5.11 Å². The SMILES string of the molecule is Cc1c(C)c2c(c(C)c1O)CCC(C)(CC(C)(C)CC(C)CC(C)(C)CCC(C)C)O2. The van der Waals surface area contributed by atoms with Gasteiger partial charge in [0, 0.05) is 5.56 Å². The molecule has 0 aromatic heterocycles. The van der Waals surface area contributed by atoms with Gasteiger partial charge in [-0.15, -0.1) is 0 Å². The molecule has 1 aromatic rings. The molecule has 1 N–H and O–H groups in total. The van der Waals surface area contributed by atoms with E-state index < -0.39 is 0 Å². The third-order valence-corrected chi connectivity index (χ3v) is 7.65. The summed E-state index contributed by atoms with van der Waals surface area (Å²) in [6.07, 6.45) is 8.23. The van der Waals surface area contributed by atoms with Crippen molar-refractivity contribution < 1.29 is 9.84 Å². The summed E-state index contributed by atoms with van der Waals surface area (Å²) in [5, 5.41) is 10.5. The monoisotopic (exact) mass is 430 g/mol. The fourth-order valence-electron chi connectivity index (χ4n) is 6.24. The number of hydrogen-bond acceptors (Lipinski definition) is 2. The summed E-state index contributed by atoms with van der Waals surface area (Å²) in [4.78, 5) is 0. The summed E-state index contributed by atoms with van der Waals surface area (Å²) < 4.78 is 6.74. The molecule has 31 heavy (non-hydrogen) atoms. The van der Waals surface area contributed by atoms with Crippen LogP contribution >= 0.6 is 0 Å². The Morgan fingerprint density at radius 1 is 0.935 bits per heavy atom. The zero-order valence-electron chi connectivity index (χ0n) is 22.5. The highest BCUT2D eigenvalue weighted by Crippen LogP contribution is 2.47. The van der Waals surface area contributed by atoms with Crippen molar-refractivity contribution >= 4 is 0 Å². The lowest BCUT2D eigenvalue weighted by Crippen LogP contribution is -2.41. The van der Waals surface area contributed by atoms with Crippen LogP contribution in [0.5, 0.6) is 11.5 Å². The first-order valence-corrected chi connectivity index (χ1v) is 12.6. The molecular weight excluding hydrogens is 380 g/mol. The third kappa shape index (κ3) is 6.65. The standard InChI is InChI=1S/C29H50O2/c1-19(2)12-14-27(7,8)16-20(3)17-28(9,10)18-29(11)15-13-24-23(6)25(30)21(4)22(5)26(24)31-29/h19-20,30H,12-18H2,1-11H3. The van der Waals surface area contributed by atoms with Crippen molar-refractivity contribution in [2.24, 2.45) is 22.7 Å². The number of ether oxygens (including phenoxy) is 1. The Kier molecular flexibility index (Phi) is 7.87. The van der Waals surface area contributed by atoms with Gasteiger partial charge in [-0.1, -0.05) is 54.9 Å². The normalized spacial score (nSPS) is 20.5. The van der Waals surface area contributed by atoms with Crippen molar-refractivity contribution in [2.45, 2.75) is 127 Å². The van der Waals surface area contributed by atoms with Gasteiger partial charge in [0.25, 0.3) is 0 Å². The molecule has 2 unspecified atom stereocenters. The topological polar surface area (TPSA) is 29.5 Å². The second kappa shape index (κ2) is 9.36. The van der Waals surface area contributed by atoms with E-state index in [2.05, 4.69) is 62.3 Å². The number of aromatic hydroxyl groups is 1.